The standard InChI is InChI=1S/C9H16N2O2S/c1-4-6(2)14-5-9(3)7(12)10-8(13)11-9/h6H,4-5H2,1-3H3,(H2,10,11,12,13). The molecular weight excluding hydrogens is 200 g/mol. The minimum atomic E-state index is -0.731. The van der Waals surface area contributed by atoms with E-state index in [4.69, 9.17) is 0 Å². The lowest BCUT2D eigenvalue weighted by molar-refractivity contribution is -0.122. The predicted octanol–water partition coefficient (Wildman–Crippen LogP) is 1.12. The van der Waals surface area contributed by atoms with Crippen LogP contribution in [0.4, 0.5) is 4.79 Å². The third-order valence-corrected chi connectivity index (χ3v) is 4.00. The zero-order chi connectivity index (χ0) is 10.8. The monoisotopic (exact) mass is 216 g/mol. The first-order chi connectivity index (χ1) is 6.48. The minimum absolute atomic E-state index is 0.224. The number of imide groups is 1. The van der Waals surface area contributed by atoms with Crippen LogP contribution in [-0.4, -0.2) is 28.5 Å². The summed E-state index contributed by atoms with van der Waals surface area (Å²) in [6.07, 6.45) is 1.07. The molecule has 1 fully saturated rings. The fraction of sp³-hybridized carbons (Fsp3) is 0.778. The smallest absolute Gasteiger partial charge is 0.322 e. The molecule has 0 bridgehead atoms. The molecule has 0 aromatic heterocycles. The molecule has 0 spiro atoms. The van der Waals surface area contributed by atoms with Gasteiger partial charge < -0.3 is 5.32 Å². The molecule has 0 saturated carbocycles. The SMILES string of the molecule is CCC(C)SCC1(C)NC(=O)NC1=O. The summed E-state index contributed by atoms with van der Waals surface area (Å²) in [5, 5.41) is 5.40. The highest BCUT2D eigenvalue weighted by molar-refractivity contribution is 8.00. The van der Waals surface area contributed by atoms with Gasteiger partial charge in [-0.05, 0) is 13.3 Å². The van der Waals surface area contributed by atoms with Gasteiger partial charge >= 0.3 is 6.03 Å². The molecule has 1 aliphatic heterocycles. The normalized spacial score (nSPS) is 28.5. The van der Waals surface area contributed by atoms with Crippen LogP contribution in [0, 0.1) is 0 Å². The first-order valence-electron chi connectivity index (χ1n) is 4.73. The zero-order valence-electron chi connectivity index (χ0n) is 8.72. The van der Waals surface area contributed by atoms with Gasteiger partial charge in [0, 0.05) is 11.0 Å². The number of thioether (sulfide) groups is 1. The zero-order valence-corrected chi connectivity index (χ0v) is 9.53. The van der Waals surface area contributed by atoms with Crippen LogP contribution in [0.2, 0.25) is 0 Å². The van der Waals surface area contributed by atoms with Crippen molar-refractivity contribution in [2.75, 3.05) is 5.75 Å². The molecule has 14 heavy (non-hydrogen) atoms. The third-order valence-electron chi connectivity index (χ3n) is 2.35. The Kier molecular flexibility index (Phi) is 3.42. The Morgan fingerprint density at radius 1 is 1.50 bits per heavy atom. The lowest BCUT2D eigenvalue weighted by Crippen LogP contribution is -2.46. The summed E-state index contributed by atoms with van der Waals surface area (Å²) in [4.78, 5) is 22.3. The van der Waals surface area contributed by atoms with E-state index in [-0.39, 0.29) is 11.9 Å². The lowest BCUT2D eigenvalue weighted by Gasteiger charge is -2.21. The van der Waals surface area contributed by atoms with Crippen molar-refractivity contribution in [2.45, 2.75) is 38.0 Å². The number of nitrogens with one attached hydrogen (secondary N) is 2. The molecule has 1 heterocycles. The summed E-state index contributed by atoms with van der Waals surface area (Å²) in [6.45, 7) is 5.97. The number of hydrogen-bond acceptors (Lipinski definition) is 3. The number of urea groups is 1. The van der Waals surface area contributed by atoms with Gasteiger partial charge in [0.15, 0.2) is 0 Å². The van der Waals surface area contributed by atoms with Gasteiger partial charge in [0.25, 0.3) is 5.91 Å². The van der Waals surface area contributed by atoms with E-state index >= 15 is 0 Å². The number of carbonyl (C=O) groups is 2. The summed E-state index contributed by atoms with van der Waals surface area (Å²) < 4.78 is 0. The number of amides is 3. The maximum atomic E-state index is 11.4. The van der Waals surface area contributed by atoms with Gasteiger partial charge in [0.05, 0.1) is 0 Å². The van der Waals surface area contributed by atoms with Crippen molar-refractivity contribution in [1.82, 2.24) is 10.6 Å². The van der Waals surface area contributed by atoms with Crippen molar-refractivity contribution >= 4 is 23.7 Å². The van der Waals surface area contributed by atoms with Gasteiger partial charge in [0.1, 0.15) is 5.54 Å². The van der Waals surface area contributed by atoms with E-state index < -0.39 is 5.54 Å². The number of carbonyl (C=O) groups excluding carboxylic acids is 2. The molecule has 1 aliphatic rings. The van der Waals surface area contributed by atoms with E-state index in [1.54, 1.807) is 18.7 Å². The molecule has 4 nitrogen and oxygen atoms in total. The van der Waals surface area contributed by atoms with E-state index in [1.807, 2.05) is 0 Å². The van der Waals surface area contributed by atoms with Crippen LogP contribution >= 0.6 is 11.8 Å². The van der Waals surface area contributed by atoms with Gasteiger partial charge in [-0.1, -0.05) is 13.8 Å². The van der Waals surface area contributed by atoms with E-state index in [0.29, 0.717) is 11.0 Å². The molecule has 0 aliphatic carbocycles. The average Bonchev–Trinajstić information content (AvgIpc) is 2.37. The fourth-order valence-electron chi connectivity index (χ4n) is 1.11. The number of rotatable bonds is 4. The molecule has 5 heteroatoms. The summed E-state index contributed by atoms with van der Waals surface area (Å²) >= 11 is 1.70. The molecule has 2 atom stereocenters. The van der Waals surface area contributed by atoms with Crippen LogP contribution in [0.5, 0.6) is 0 Å². The molecule has 3 amide bonds. The molecule has 0 aromatic carbocycles. The number of hydrogen-bond donors (Lipinski definition) is 2. The second kappa shape index (κ2) is 4.21. The highest BCUT2D eigenvalue weighted by Gasteiger charge is 2.41. The summed E-state index contributed by atoms with van der Waals surface area (Å²) in [7, 11) is 0. The largest absolute Gasteiger partial charge is 0.323 e. The molecule has 80 valence electrons. The first-order valence-corrected chi connectivity index (χ1v) is 5.78. The summed E-state index contributed by atoms with van der Waals surface area (Å²) in [6, 6.07) is -0.387. The molecule has 2 N–H and O–H groups in total. The van der Waals surface area contributed by atoms with Crippen molar-refractivity contribution in [1.29, 1.82) is 0 Å². The third kappa shape index (κ3) is 2.41. The molecule has 2 unspecified atom stereocenters. The first kappa shape index (κ1) is 11.4. The second-order valence-corrected chi connectivity index (χ2v) is 5.20. The van der Waals surface area contributed by atoms with Crippen LogP contribution in [0.3, 0.4) is 0 Å². The summed E-state index contributed by atoms with van der Waals surface area (Å²) in [5.74, 6) is 0.401. The van der Waals surface area contributed by atoms with Crippen molar-refractivity contribution < 1.29 is 9.59 Å². The van der Waals surface area contributed by atoms with Crippen molar-refractivity contribution in [3.63, 3.8) is 0 Å². The average molecular weight is 216 g/mol. The van der Waals surface area contributed by atoms with Crippen LogP contribution in [0.15, 0.2) is 0 Å². The molecular formula is C9H16N2O2S. The Morgan fingerprint density at radius 2 is 2.14 bits per heavy atom. The molecule has 0 aromatic rings. The minimum Gasteiger partial charge on any atom is -0.323 e. The maximum Gasteiger partial charge on any atom is 0.322 e. The Morgan fingerprint density at radius 3 is 2.57 bits per heavy atom. The Hall–Kier alpha value is -0.710. The van der Waals surface area contributed by atoms with E-state index in [9.17, 15) is 9.59 Å². The Balaban J connectivity index is 2.50. The van der Waals surface area contributed by atoms with E-state index in [2.05, 4.69) is 24.5 Å². The molecule has 0 radical (unpaired) electrons. The van der Waals surface area contributed by atoms with Crippen LogP contribution in [-0.2, 0) is 4.79 Å². The van der Waals surface area contributed by atoms with Gasteiger partial charge in [-0.15, -0.1) is 0 Å². The van der Waals surface area contributed by atoms with Crippen molar-refractivity contribution in [2.24, 2.45) is 0 Å². The van der Waals surface area contributed by atoms with Crippen LogP contribution < -0.4 is 10.6 Å². The lowest BCUT2D eigenvalue weighted by atomic mass is 10.1. The highest BCUT2D eigenvalue weighted by Crippen LogP contribution is 2.21. The highest BCUT2D eigenvalue weighted by atomic mass is 32.2. The van der Waals surface area contributed by atoms with Crippen molar-refractivity contribution in [3.8, 4) is 0 Å². The molecule has 1 rings (SSSR count). The Bertz CT molecular complexity index is 257. The fourth-order valence-corrected chi connectivity index (χ4v) is 2.16. The summed E-state index contributed by atoms with van der Waals surface area (Å²) in [5.41, 5.74) is -0.731. The second-order valence-electron chi connectivity index (χ2n) is 3.77. The van der Waals surface area contributed by atoms with E-state index in [0.717, 1.165) is 6.42 Å². The van der Waals surface area contributed by atoms with Gasteiger partial charge in [0.2, 0.25) is 0 Å². The van der Waals surface area contributed by atoms with Gasteiger partial charge in [-0.2, -0.15) is 11.8 Å². The van der Waals surface area contributed by atoms with Gasteiger partial charge in [-0.3, -0.25) is 10.1 Å². The van der Waals surface area contributed by atoms with Crippen LogP contribution in [0.1, 0.15) is 27.2 Å². The van der Waals surface area contributed by atoms with Crippen LogP contribution in [0.25, 0.3) is 0 Å². The Labute approximate surface area is 88.2 Å². The van der Waals surface area contributed by atoms with Crippen molar-refractivity contribution in [3.05, 3.63) is 0 Å². The molecule has 1 saturated heterocycles. The predicted molar refractivity (Wildman–Crippen MR) is 57.3 cm³/mol. The van der Waals surface area contributed by atoms with Gasteiger partial charge in [-0.25, -0.2) is 4.79 Å². The maximum absolute atomic E-state index is 11.4. The quantitative estimate of drug-likeness (QED) is 0.692. The van der Waals surface area contributed by atoms with E-state index in [1.165, 1.54) is 0 Å². The topological polar surface area (TPSA) is 58.2 Å².